The molecule has 0 aromatic heterocycles. The first-order chi connectivity index (χ1) is 11.2. The summed E-state index contributed by atoms with van der Waals surface area (Å²) in [7, 11) is 1.60. The molecular formula is C18H20N2O2S. The summed E-state index contributed by atoms with van der Waals surface area (Å²) in [6.45, 7) is 3.38. The van der Waals surface area contributed by atoms with Crippen LogP contribution in [-0.4, -0.2) is 31.4 Å². The van der Waals surface area contributed by atoms with Crippen LogP contribution in [0.2, 0.25) is 0 Å². The van der Waals surface area contributed by atoms with Gasteiger partial charge in [-0.2, -0.15) is 0 Å². The van der Waals surface area contributed by atoms with Crippen LogP contribution in [0, 0.1) is 0 Å². The van der Waals surface area contributed by atoms with E-state index in [0.717, 1.165) is 12.2 Å². The number of methoxy groups -OCH3 is 1. The van der Waals surface area contributed by atoms with Crippen molar-refractivity contribution in [2.45, 2.75) is 17.1 Å². The van der Waals surface area contributed by atoms with E-state index in [1.54, 1.807) is 7.11 Å². The van der Waals surface area contributed by atoms with Crippen LogP contribution in [0.4, 0.5) is 11.4 Å². The first kappa shape index (κ1) is 15.7. The van der Waals surface area contributed by atoms with Crippen LogP contribution < -0.4 is 15.0 Å². The van der Waals surface area contributed by atoms with Crippen LogP contribution in [0.5, 0.6) is 5.75 Å². The van der Waals surface area contributed by atoms with Gasteiger partial charge in [0.25, 0.3) is 0 Å². The Morgan fingerprint density at radius 3 is 2.83 bits per heavy atom. The van der Waals surface area contributed by atoms with Crippen molar-refractivity contribution in [2.75, 3.05) is 30.4 Å². The number of carbonyl (C=O) groups excluding carboxylic acids is 1. The number of ether oxygens (including phenoxy) is 1. The highest BCUT2D eigenvalue weighted by atomic mass is 32.2. The zero-order valence-electron chi connectivity index (χ0n) is 13.3. The molecule has 0 aliphatic carbocycles. The van der Waals surface area contributed by atoms with E-state index in [-0.39, 0.29) is 5.91 Å². The van der Waals surface area contributed by atoms with Gasteiger partial charge in [0, 0.05) is 16.7 Å². The van der Waals surface area contributed by atoms with Gasteiger partial charge in [0.2, 0.25) is 5.91 Å². The van der Waals surface area contributed by atoms with E-state index < -0.39 is 0 Å². The number of fused-ring (bicyclic) bond motifs is 1. The molecular weight excluding hydrogens is 308 g/mol. The quantitative estimate of drug-likeness (QED) is 0.930. The highest BCUT2D eigenvalue weighted by molar-refractivity contribution is 8.00. The fourth-order valence-electron chi connectivity index (χ4n) is 2.74. The lowest BCUT2D eigenvalue weighted by Crippen LogP contribution is -2.39. The van der Waals surface area contributed by atoms with Crippen molar-refractivity contribution in [3.63, 3.8) is 0 Å². The molecule has 23 heavy (non-hydrogen) atoms. The molecule has 2 aromatic carbocycles. The summed E-state index contributed by atoms with van der Waals surface area (Å²) in [6, 6.07) is 15.7. The summed E-state index contributed by atoms with van der Waals surface area (Å²) < 4.78 is 5.28. The van der Waals surface area contributed by atoms with E-state index in [9.17, 15) is 4.79 Å². The molecule has 0 fully saturated rings. The fraction of sp³-hybridized carbons (Fsp3) is 0.278. The molecule has 1 heterocycles. The molecule has 1 amide bonds. The number of nitrogens with zero attached hydrogens (tertiary/aromatic N) is 1. The van der Waals surface area contributed by atoms with E-state index in [1.807, 2.05) is 48.2 Å². The van der Waals surface area contributed by atoms with Crippen molar-refractivity contribution in [1.29, 1.82) is 0 Å². The molecule has 0 unspecified atom stereocenters. The summed E-state index contributed by atoms with van der Waals surface area (Å²) in [4.78, 5) is 15.8. The van der Waals surface area contributed by atoms with Gasteiger partial charge in [-0.25, -0.2) is 0 Å². The number of para-hydroxylation sites is 3. The van der Waals surface area contributed by atoms with Crippen molar-refractivity contribution in [3.8, 4) is 5.75 Å². The Kier molecular flexibility index (Phi) is 4.76. The summed E-state index contributed by atoms with van der Waals surface area (Å²) >= 11 is 1.86. The molecule has 0 saturated carbocycles. The third-order valence-electron chi connectivity index (χ3n) is 3.73. The Morgan fingerprint density at radius 1 is 1.26 bits per heavy atom. The monoisotopic (exact) mass is 328 g/mol. The minimum atomic E-state index is -0.0385. The van der Waals surface area contributed by atoms with Gasteiger partial charge in [-0.05, 0) is 24.3 Å². The molecule has 1 atom stereocenters. The third-order valence-corrected chi connectivity index (χ3v) is 4.88. The number of anilines is 2. The van der Waals surface area contributed by atoms with E-state index in [2.05, 4.69) is 29.3 Å². The summed E-state index contributed by atoms with van der Waals surface area (Å²) in [5.41, 5.74) is 1.83. The van der Waals surface area contributed by atoms with Crippen molar-refractivity contribution in [2.24, 2.45) is 0 Å². The van der Waals surface area contributed by atoms with Crippen molar-refractivity contribution in [3.05, 3.63) is 48.5 Å². The normalized spacial score (nSPS) is 16.6. The molecule has 1 N–H and O–H groups in total. The van der Waals surface area contributed by atoms with Crippen molar-refractivity contribution >= 4 is 29.0 Å². The first-order valence-corrected chi connectivity index (χ1v) is 8.49. The van der Waals surface area contributed by atoms with E-state index >= 15 is 0 Å². The summed E-state index contributed by atoms with van der Waals surface area (Å²) in [6.07, 6.45) is 0. The van der Waals surface area contributed by atoms with Gasteiger partial charge in [0.1, 0.15) is 5.75 Å². The minimum Gasteiger partial charge on any atom is -0.495 e. The lowest BCUT2D eigenvalue weighted by Gasteiger charge is -2.33. The number of hydrogen-bond acceptors (Lipinski definition) is 4. The predicted molar refractivity (Wildman–Crippen MR) is 95.6 cm³/mol. The van der Waals surface area contributed by atoms with E-state index in [1.165, 1.54) is 4.90 Å². The molecule has 4 nitrogen and oxygen atoms in total. The Morgan fingerprint density at radius 2 is 2.00 bits per heavy atom. The zero-order chi connectivity index (χ0) is 16.2. The predicted octanol–water partition coefficient (Wildman–Crippen LogP) is 3.63. The SMILES string of the molecule is COc1ccccc1NC(=O)CN1C[C@@H](C)Sc2ccccc21. The maximum Gasteiger partial charge on any atom is 0.243 e. The zero-order valence-corrected chi connectivity index (χ0v) is 14.1. The van der Waals surface area contributed by atoms with Gasteiger partial charge in [0.05, 0.1) is 25.0 Å². The number of rotatable bonds is 4. The number of hydrogen-bond donors (Lipinski definition) is 1. The largest absolute Gasteiger partial charge is 0.495 e. The average Bonchev–Trinajstić information content (AvgIpc) is 2.55. The molecule has 0 bridgehead atoms. The highest BCUT2D eigenvalue weighted by Crippen LogP contribution is 2.37. The smallest absolute Gasteiger partial charge is 0.243 e. The van der Waals surface area contributed by atoms with Crippen LogP contribution in [-0.2, 0) is 4.79 Å². The third kappa shape index (κ3) is 3.62. The Bertz CT molecular complexity index is 705. The minimum absolute atomic E-state index is 0.0385. The van der Waals surface area contributed by atoms with Crippen LogP contribution in [0.15, 0.2) is 53.4 Å². The Hall–Kier alpha value is -2.14. The van der Waals surface area contributed by atoms with Crippen LogP contribution in [0.25, 0.3) is 0 Å². The molecule has 2 aromatic rings. The molecule has 0 radical (unpaired) electrons. The maximum atomic E-state index is 12.5. The molecule has 120 valence electrons. The molecule has 1 aliphatic heterocycles. The summed E-state index contributed by atoms with van der Waals surface area (Å²) in [5.74, 6) is 0.632. The Labute approximate surface area is 140 Å². The number of nitrogens with one attached hydrogen (secondary N) is 1. The number of benzene rings is 2. The van der Waals surface area contributed by atoms with Crippen molar-refractivity contribution in [1.82, 2.24) is 0 Å². The van der Waals surface area contributed by atoms with Gasteiger partial charge < -0.3 is 15.0 Å². The lowest BCUT2D eigenvalue weighted by molar-refractivity contribution is -0.115. The van der Waals surface area contributed by atoms with Gasteiger partial charge in [0.15, 0.2) is 0 Å². The molecule has 0 saturated heterocycles. The first-order valence-electron chi connectivity index (χ1n) is 7.61. The molecule has 1 aliphatic rings. The highest BCUT2D eigenvalue weighted by Gasteiger charge is 2.23. The van der Waals surface area contributed by atoms with Crippen LogP contribution in [0.1, 0.15) is 6.92 Å². The fourth-order valence-corrected chi connectivity index (χ4v) is 3.90. The lowest BCUT2D eigenvalue weighted by atomic mass is 10.2. The second-order valence-electron chi connectivity index (χ2n) is 5.53. The Balaban J connectivity index is 1.73. The van der Waals surface area contributed by atoms with E-state index in [0.29, 0.717) is 23.2 Å². The van der Waals surface area contributed by atoms with E-state index in [4.69, 9.17) is 4.74 Å². The van der Waals surface area contributed by atoms with Gasteiger partial charge in [-0.1, -0.05) is 31.2 Å². The maximum absolute atomic E-state index is 12.5. The number of amides is 1. The molecule has 0 spiro atoms. The molecule has 5 heteroatoms. The van der Waals surface area contributed by atoms with Gasteiger partial charge >= 0.3 is 0 Å². The standard InChI is InChI=1S/C18H20N2O2S/c1-13-11-20(15-8-4-6-10-17(15)23-13)12-18(21)19-14-7-3-5-9-16(14)22-2/h3-10,13H,11-12H2,1-2H3,(H,19,21)/t13-/m1/s1. The van der Waals surface area contributed by atoms with Crippen molar-refractivity contribution < 1.29 is 9.53 Å². The number of thioether (sulfide) groups is 1. The second kappa shape index (κ2) is 6.96. The average molecular weight is 328 g/mol. The topological polar surface area (TPSA) is 41.6 Å². The van der Waals surface area contributed by atoms with Gasteiger partial charge in [-0.3, -0.25) is 4.79 Å². The summed E-state index contributed by atoms with van der Waals surface area (Å²) in [5, 5.41) is 3.40. The number of carbonyl (C=O) groups is 1. The molecule has 3 rings (SSSR count). The van der Waals surface area contributed by atoms with Gasteiger partial charge in [-0.15, -0.1) is 11.8 Å². The van der Waals surface area contributed by atoms with Crippen LogP contribution >= 0.6 is 11.8 Å². The van der Waals surface area contributed by atoms with Crippen LogP contribution in [0.3, 0.4) is 0 Å². The second-order valence-corrected chi connectivity index (χ2v) is 7.01.